The zero-order valence-corrected chi connectivity index (χ0v) is 17.2. The molecule has 0 saturated carbocycles. The molecular formula is C20H22F3N5O4. The number of H-pyrrole nitrogens is 1. The molecule has 32 heavy (non-hydrogen) atoms. The summed E-state index contributed by atoms with van der Waals surface area (Å²) in [6.07, 6.45) is -3.19. The molecule has 0 aliphatic carbocycles. The Kier molecular flexibility index (Phi) is 7.01. The van der Waals surface area contributed by atoms with Crippen LogP contribution < -0.4 is 16.2 Å². The maximum Gasteiger partial charge on any atom is 0.422 e. The molecular weight excluding hydrogens is 431 g/mol. The van der Waals surface area contributed by atoms with Gasteiger partial charge >= 0.3 is 23.8 Å². The summed E-state index contributed by atoms with van der Waals surface area (Å²) in [5.74, 6) is -0.934. The quantitative estimate of drug-likeness (QED) is 0.377. The highest BCUT2D eigenvalue weighted by molar-refractivity contribution is 5.82. The summed E-state index contributed by atoms with van der Waals surface area (Å²) < 4.78 is 47.7. The van der Waals surface area contributed by atoms with Crippen molar-refractivity contribution >= 4 is 23.0 Å². The van der Waals surface area contributed by atoms with Gasteiger partial charge in [0, 0.05) is 0 Å². The summed E-state index contributed by atoms with van der Waals surface area (Å²) in [6, 6.07) is 6.57. The highest BCUT2D eigenvalue weighted by atomic mass is 19.4. The van der Waals surface area contributed by atoms with Gasteiger partial charge in [0.1, 0.15) is 5.52 Å². The first-order valence-electron chi connectivity index (χ1n) is 9.85. The Morgan fingerprint density at radius 1 is 1.25 bits per heavy atom. The van der Waals surface area contributed by atoms with E-state index in [1.54, 1.807) is 24.3 Å². The number of fused-ring (bicyclic) bond motifs is 1. The molecule has 2 aromatic heterocycles. The zero-order valence-electron chi connectivity index (χ0n) is 17.2. The predicted octanol–water partition coefficient (Wildman–Crippen LogP) is 2.58. The van der Waals surface area contributed by atoms with Gasteiger partial charge in [-0.25, -0.2) is 4.79 Å². The van der Waals surface area contributed by atoms with Gasteiger partial charge in [0.25, 0.3) is 0 Å². The van der Waals surface area contributed by atoms with Crippen LogP contribution in [0.25, 0.3) is 11.2 Å². The number of halogens is 3. The number of unbranched alkanes of at least 4 members (excludes halogenated alkanes) is 1. The molecule has 2 heterocycles. The molecule has 0 amide bonds. The molecule has 3 N–H and O–H groups in total. The topological polar surface area (TPSA) is 125 Å². The lowest BCUT2D eigenvalue weighted by atomic mass is 10.1. The lowest BCUT2D eigenvalue weighted by Gasteiger charge is -2.09. The number of carbonyl (C=O) groups excluding carboxylic acids is 1. The number of imidazole rings is 1. The van der Waals surface area contributed by atoms with E-state index in [-0.39, 0.29) is 36.0 Å². The molecule has 0 radical (unpaired) electrons. The van der Waals surface area contributed by atoms with Crippen LogP contribution >= 0.6 is 0 Å². The van der Waals surface area contributed by atoms with E-state index in [1.165, 1.54) is 4.57 Å². The zero-order chi connectivity index (χ0) is 23.3. The Labute approximate surface area is 180 Å². The SMILES string of the molecule is CCCCOc1nc(N)c2[nH]c(=O)n(Cc3cccc(CC(=O)OCC(F)(F)F)c3)c2n1. The molecule has 0 aliphatic heterocycles. The van der Waals surface area contributed by atoms with Crippen molar-refractivity contribution in [2.45, 2.75) is 38.9 Å². The highest BCUT2D eigenvalue weighted by Gasteiger charge is 2.29. The molecule has 0 bridgehead atoms. The number of hydrogen-bond donors (Lipinski definition) is 2. The van der Waals surface area contributed by atoms with Gasteiger partial charge in [-0.3, -0.25) is 9.36 Å². The lowest BCUT2D eigenvalue weighted by Crippen LogP contribution is -2.21. The number of nitrogen functional groups attached to an aromatic ring is 1. The minimum absolute atomic E-state index is 0.0531. The van der Waals surface area contributed by atoms with Gasteiger partial charge in [-0.05, 0) is 17.5 Å². The van der Waals surface area contributed by atoms with E-state index in [1.807, 2.05) is 6.92 Å². The second kappa shape index (κ2) is 9.71. The van der Waals surface area contributed by atoms with Gasteiger partial charge in [-0.15, -0.1) is 0 Å². The van der Waals surface area contributed by atoms with Crippen LogP contribution in [0, 0.1) is 0 Å². The van der Waals surface area contributed by atoms with E-state index in [9.17, 15) is 22.8 Å². The van der Waals surface area contributed by atoms with E-state index in [0.717, 1.165) is 12.8 Å². The van der Waals surface area contributed by atoms with Crippen LogP contribution in [0.4, 0.5) is 19.0 Å². The number of hydrogen-bond acceptors (Lipinski definition) is 7. The molecule has 0 unspecified atom stereocenters. The van der Waals surface area contributed by atoms with Gasteiger partial charge in [-0.1, -0.05) is 37.6 Å². The Balaban J connectivity index is 1.80. The molecule has 3 aromatic rings. The van der Waals surface area contributed by atoms with Gasteiger partial charge in [0.15, 0.2) is 18.1 Å². The Bertz CT molecular complexity index is 1160. The van der Waals surface area contributed by atoms with Crippen LogP contribution in [0.2, 0.25) is 0 Å². The van der Waals surface area contributed by atoms with E-state index in [4.69, 9.17) is 10.5 Å². The summed E-state index contributed by atoms with van der Waals surface area (Å²) in [5.41, 5.74) is 7.05. The largest absolute Gasteiger partial charge is 0.463 e. The standard InChI is InChI=1S/C20H22F3N5O4/c1-2-3-7-31-18-26-16(24)15-17(27-18)28(19(30)25-15)10-13-6-4-5-12(8-13)9-14(29)32-11-20(21,22)23/h4-6,8H,2-3,7,9-11H2,1H3,(H,25,30)(H2,24,26,27). The predicted molar refractivity (Wildman–Crippen MR) is 109 cm³/mol. The summed E-state index contributed by atoms with van der Waals surface area (Å²) in [6.45, 7) is 0.855. The summed E-state index contributed by atoms with van der Waals surface area (Å²) >= 11 is 0. The summed E-state index contributed by atoms with van der Waals surface area (Å²) in [5, 5.41) is 0. The van der Waals surface area contributed by atoms with Gasteiger partial charge in [-0.2, -0.15) is 23.1 Å². The first kappa shape index (κ1) is 23.1. The van der Waals surface area contributed by atoms with Crippen molar-refractivity contribution in [2.24, 2.45) is 0 Å². The minimum atomic E-state index is -4.59. The number of rotatable bonds is 9. The van der Waals surface area contributed by atoms with Crippen molar-refractivity contribution in [3.05, 3.63) is 45.9 Å². The fourth-order valence-electron chi connectivity index (χ4n) is 2.95. The molecule has 0 atom stereocenters. The number of nitrogens with two attached hydrogens (primary N) is 1. The van der Waals surface area contributed by atoms with Crippen molar-refractivity contribution in [3.63, 3.8) is 0 Å². The molecule has 9 nitrogen and oxygen atoms in total. The van der Waals surface area contributed by atoms with Crippen molar-refractivity contribution in [1.82, 2.24) is 19.5 Å². The van der Waals surface area contributed by atoms with Crippen LogP contribution in [0.3, 0.4) is 0 Å². The van der Waals surface area contributed by atoms with E-state index < -0.39 is 24.4 Å². The maximum atomic E-state index is 12.5. The summed E-state index contributed by atoms with van der Waals surface area (Å²) in [7, 11) is 0. The second-order valence-corrected chi connectivity index (χ2v) is 7.08. The van der Waals surface area contributed by atoms with Crippen LogP contribution in [-0.2, 0) is 22.5 Å². The number of nitrogens with one attached hydrogen (secondary N) is 1. The molecule has 3 rings (SSSR count). The number of aromatic nitrogens is 4. The van der Waals surface area contributed by atoms with Crippen molar-refractivity contribution in [1.29, 1.82) is 0 Å². The van der Waals surface area contributed by atoms with Crippen molar-refractivity contribution in [3.8, 4) is 6.01 Å². The first-order valence-corrected chi connectivity index (χ1v) is 9.85. The Morgan fingerprint density at radius 2 is 2.00 bits per heavy atom. The van der Waals surface area contributed by atoms with E-state index in [2.05, 4.69) is 19.7 Å². The van der Waals surface area contributed by atoms with Crippen molar-refractivity contribution < 1.29 is 27.4 Å². The third-order valence-electron chi connectivity index (χ3n) is 4.44. The molecule has 172 valence electrons. The monoisotopic (exact) mass is 453 g/mol. The third-order valence-corrected chi connectivity index (χ3v) is 4.44. The molecule has 0 fully saturated rings. The summed E-state index contributed by atoms with van der Waals surface area (Å²) in [4.78, 5) is 35.1. The number of nitrogens with zero attached hydrogens (tertiary/aromatic N) is 3. The molecule has 0 saturated heterocycles. The second-order valence-electron chi connectivity index (χ2n) is 7.08. The molecule has 1 aromatic carbocycles. The third kappa shape index (κ3) is 5.99. The fourth-order valence-corrected chi connectivity index (χ4v) is 2.95. The maximum absolute atomic E-state index is 12.5. The number of ether oxygens (including phenoxy) is 2. The van der Waals surface area contributed by atoms with Crippen molar-refractivity contribution in [2.75, 3.05) is 18.9 Å². The normalized spacial score (nSPS) is 11.6. The number of anilines is 1. The number of alkyl halides is 3. The average molecular weight is 453 g/mol. The smallest absolute Gasteiger partial charge is 0.422 e. The van der Waals surface area contributed by atoms with Crippen LogP contribution in [0.15, 0.2) is 29.1 Å². The van der Waals surface area contributed by atoms with Crippen LogP contribution in [0.1, 0.15) is 30.9 Å². The van der Waals surface area contributed by atoms with E-state index in [0.29, 0.717) is 17.7 Å². The number of aromatic amines is 1. The Hall–Kier alpha value is -3.57. The number of esters is 1. The lowest BCUT2D eigenvalue weighted by molar-refractivity contribution is -0.185. The number of benzene rings is 1. The average Bonchev–Trinajstić information content (AvgIpc) is 3.03. The van der Waals surface area contributed by atoms with E-state index >= 15 is 0 Å². The van der Waals surface area contributed by atoms with Gasteiger partial charge in [0.2, 0.25) is 0 Å². The minimum Gasteiger partial charge on any atom is -0.463 e. The highest BCUT2D eigenvalue weighted by Crippen LogP contribution is 2.19. The van der Waals surface area contributed by atoms with Gasteiger partial charge in [0.05, 0.1) is 19.6 Å². The van der Waals surface area contributed by atoms with Gasteiger partial charge < -0.3 is 20.2 Å². The molecule has 0 spiro atoms. The molecule has 0 aliphatic rings. The Morgan fingerprint density at radius 3 is 2.72 bits per heavy atom. The van der Waals surface area contributed by atoms with Crippen LogP contribution in [0.5, 0.6) is 6.01 Å². The number of carbonyl (C=O) groups is 1. The molecule has 12 heteroatoms. The van der Waals surface area contributed by atoms with Crippen LogP contribution in [-0.4, -0.2) is 44.9 Å². The first-order chi connectivity index (χ1) is 15.2. The fraction of sp³-hybridized carbons (Fsp3) is 0.400.